The zero-order valence-electron chi connectivity index (χ0n) is 12.8. The van der Waals surface area contributed by atoms with Gasteiger partial charge in [-0.1, -0.05) is 51.4 Å². The summed E-state index contributed by atoms with van der Waals surface area (Å²) in [6.07, 6.45) is 0. The zero-order chi connectivity index (χ0) is 17.2. The summed E-state index contributed by atoms with van der Waals surface area (Å²) in [7, 11) is 0. The molecule has 0 atom stereocenters. The number of aromatic amines is 1. The summed E-state index contributed by atoms with van der Waals surface area (Å²) in [4.78, 5) is 17.4. The number of nitrogens with zero attached hydrogens (tertiary/aromatic N) is 4. The first-order valence-corrected chi connectivity index (χ1v) is 8.20. The first kappa shape index (κ1) is 15.4. The minimum absolute atomic E-state index is 0.121. The number of benzene rings is 2. The van der Waals surface area contributed by atoms with Crippen molar-refractivity contribution in [3.05, 3.63) is 64.6 Å². The molecule has 0 aliphatic carbocycles. The molecule has 2 aromatic carbocycles. The molecule has 4 rings (SSSR count). The largest absolute Gasteiger partial charge is 0.288 e. The molecule has 0 saturated heterocycles. The average molecular weight is 395 g/mol. The molecule has 0 radical (unpaired) electrons. The Morgan fingerprint density at radius 3 is 2.64 bits per heavy atom. The van der Waals surface area contributed by atoms with Crippen LogP contribution in [0.15, 0.2) is 59.1 Å². The first-order valence-electron chi connectivity index (χ1n) is 7.41. The molecule has 0 saturated carbocycles. The number of tetrazole rings is 1. The van der Waals surface area contributed by atoms with E-state index < -0.39 is 0 Å². The number of hydrogen-bond donors (Lipinski definition) is 2. The second-order valence-corrected chi connectivity index (χ2v) is 6.18. The molecule has 25 heavy (non-hydrogen) atoms. The van der Waals surface area contributed by atoms with Gasteiger partial charge in [0.25, 0.3) is 11.9 Å². The van der Waals surface area contributed by atoms with Gasteiger partial charge in [-0.3, -0.25) is 10.1 Å². The van der Waals surface area contributed by atoms with Crippen molar-refractivity contribution in [2.24, 2.45) is 0 Å². The molecule has 2 N–H and O–H groups in total. The van der Waals surface area contributed by atoms with Gasteiger partial charge in [-0.2, -0.15) is 5.21 Å². The fourth-order valence-electron chi connectivity index (χ4n) is 2.52. The van der Waals surface area contributed by atoms with Crippen LogP contribution in [0.5, 0.6) is 0 Å². The third-order valence-corrected chi connectivity index (χ3v) is 4.20. The number of para-hydroxylation sites is 1. The molecule has 7 nitrogen and oxygen atoms in total. The maximum Gasteiger partial charge on any atom is 0.270 e. The normalized spacial score (nSPS) is 10.8. The van der Waals surface area contributed by atoms with Crippen molar-refractivity contribution in [3.8, 4) is 11.3 Å². The summed E-state index contributed by atoms with van der Waals surface area (Å²) < 4.78 is 0.979. The lowest BCUT2D eigenvalue weighted by atomic mass is 10.0. The van der Waals surface area contributed by atoms with Gasteiger partial charge in [0.2, 0.25) is 0 Å². The van der Waals surface area contributed by atoms with Gasteiger partial charge in [0.15, 0.2) is 0 Å². The molecule has 0 aliphatic heterocycles. The summed E-state index contributed by atoms with van der Waals surface area (Å²) >= 11 is 3.42. The van der Waals surface area contributed by atoms with Crippen LogP contribution in [0.4, 0.5) is 5.95 Å². The molecule has 0 spiro atoms. The highest BCUT2D eigenvalue weighted by Gasteiger charge is 2.15. The smallest absolute Gasteiger partial charge is 0.270 e. The van der Waals surface area contributed by atoms with E-state index in [2.05, 4.69) is 46.9 Å². The highest BCUT2D eigenvalue weighted by Crippen LogP contribution is 2.26. The van der Waals surface area contributed by atoms with Gasteiger partial charge >= 0.3 is 0 Å². The molecular weight excluding hydrogens is 384 g/mol. The lowest BCUT2D eigenvalue weighted by Gasteiger charge is -2.09. The molecule has 1 amide bonds. The second-order valence-electron chi connectivity index (χ2n) is 5.27. The third-order valence-electron chi connectivity index (χ3n) is 3.67. The van der Waals surface area contributed by atoms with E-state index in [1.165, 1.54) is 0 Å². The van der Waals surface area contributed by atoms with Crippen LogP contribution < -0.4 is 5.32 Å². The summed E-state index contributed by atoms with van der Waals surface area (Å²) in [6.45, 7) is 0. The van der Waals surface area contributed by atoms with Crippen LogP contribution in [0.3, 0.4) is 0 Å². The maximum absolute atomic E-state index is 12.7. The number of aromatic nitrogens is 5. The maximum atomic E-state index is 12.7. The van der Waals surface area contributed by atoms with Gasteiger partial charge in [-0.15, -0.1) is 5.10 Å². The number of rotatable bonds is 3. The average Bonchev–Trinajstić information content (AvgIpc) is 3.14. The number of fused-ring (bicyclic) bond motifs is 1. The summed E-state index contributed by atoms with van der Waals surface area (Å²) in [5, 5.41) is 16.6. The summed E-state index contributed by atoms with van der Waals surface area (Å²) in [6, 6.07) is 17.0. The van der Waals surface area contributed by atoms with Gasteiger partial charge in [-0.05, 0) is 29.5 Å². The molecule has 122 valence electrons. The first-order chi connectivity index (χ1) is 12.2. The molecule has 4 aromatic rings. The Hall–Kier alpha value is -3.13. The van der Waals surface area contributed by atoms with E-state index in [1.807, 2.05) is 48.5 Å². The highest BCUT2D eigenvalue weighted by molar-refractivity contribution is 9.10. The van der Waals surface area contributed by atoms with Crippen molar-refractivity contribution in [2.75, 3.05) is 5.32 Å². The molecule has 2 heterocycles. The Kier molecular flexibility index (Phi) is 3.95. The van der Waals surface area contributed by atoms with Crippen LogP contribution in [0.1, 0.15) is 10.4 Å². The van der Waals surface area contributed by atoms with Crippen molar-refractivity contribution in [2.45, 2.75) is 0 Å². The Bertz CT molecular complexity index is 1050. The van der Waals surface area contributed by atoms with E-state index in [9.17, 15) is 4.79 Å². The van der Waals surface area contributed by atoms with Crippen LogP contribution in [0.25, 0.3) is 22.2 Å². The standard InChI is InChI=1S/C17H11BrN6O/c18-11-7-5-10(6-8-11)15-9-13(12-3-1-2-4-14(12)19-15)16(25)20-17-21-23-24-22-17/h1-9H,(H2,20,21,22,23,24,25). The molecule has 2 aromatic heterocycles. The molecule has 0 fully saturated rings. The van der Waals surface area contributed by atoms with Crippen LogP contribution in [0.2, 0.25) is 0 Å². The second kappa shape index (κ2) is 6.40. The van der Waals surface area contributed by atoms with Crippen molar-refractivity contribution < 1.29 is 4.79 Å². The number of halogens is 1. The molecular formula is C17H11BrN6O. The molecule has 0 unspecified atom stereocenters. The Morgan fingerprint density at radius 1 is 1.08 bits per heavy atom. The van der Waals surface area contributed by atoms with Crippen LogP contribution in [0, 0.1) is 0 Å². The lowest BCUT2D eigenvalue weighted by molar-refractivity contribution is 0.102. The van der Waals surface area contributed by atoms with Gasteiger partial charge in [0.05, 0.1) is 16.8 Å². The van der Waals surface area contributed by atoms with E-state index in [0.717, 1.165) is 20.9 Å². The van der Waals surface area contributed by atoms with E-state index in [4.69, 9.17) is 0 Å². The molecule has 0 bridgehead atoms. The van der Waals surface area contributed by atoms with Gasteiger partial charge in [-0.25, -0.2) is 4.98 Å². The van der Waals surface area contributed by atoms with E-state index in [1.54, 1.807) is 6.07 Å². The minimum atomic E-state index is -0.321. The number of H-pyrrole nitrogens is 1. The van der Waals surface area contributed by atoms with E-state index in [0.29, 0.717) is 11.3 Å². The molecule has 8 heteroatoms. The van der Waals surface area contributed by atoms with Crippen LogP contribution >= 0.6 is 15.9 Å². The van der Waals surface area contributed by atoms with Crippen molar-refractivity contribution in [3.63, 3.8) is 0 Å². The minimum Gasteiger partial charge on any atom is -0.288 e. The number of carbonyl (C=O) groups is 1. The van der Waals surface area contributed by atoms with Crippen molar-refractivity contribution in [1.82, 2.24) is 25.6 Å². The highest BCUT2D eigenvalue weighted by atomic mass is 79.9. The zero-order valence-corrected chi connectivity index (χ0v) is 14.4. The molecule has 0 aliphatic rings. The van der Waals surface area contributed by atoms with E-state index in [-0.39, 0.29) is 11.9 Å². The van der Waals surface area contributed by atoms with Crippen molar-refractivity contribution in [1.29, 1.82) is 0 Å². The third kappa shape index (κ3) is 3.11. The quantitative estimate of drug-likeness (QED) is 0.554. The van der Waals surface area contributed by atoms with Crippen molar-refractivity contribution >= 4 is 38.7 Å². The monoisotopic (exact) mass is 394 g/mol. The number of pyridine rings is 1. The van der Waals surface area contributed by atoms with Crippen LogP contribution in [-0.4, -0.2) is 31.5 Å². The predicted octanol–water partition coefficient (Wildman–Crippen LogP) is 3.43. The van der Waals surface area contributed by atoms with E-state index >= 15 is 0 Å². The lowest BCUT2D eigenvalue weighted by Crippen LogP contribution is -2.14. The SMILES string of the molecule is O=C(Nc1nn[nH]n1)c1cc(-c2ccc(Br)cc2)nc2ccccc12. The van der Waals surface area contributed by atoms with Gasteiger partial charge < -0.3 is 0 Å². The fraction of sp³-hybridized carbons (Fsp3) is 0. The van der Waals surface area contributed by atoms with Gasteiger partial charge in [0.1, 0.15) is 0 Å². The number of carbonyl (C=O) groups excluding carboxylic acids is 1. The Morgan fingerprint density at radius 2 is 1.88 bits per heavy atom. The van der Waals surface area contributed by atoms with Crippen LogP contribution in [-0.2, 0) is 0 Å². The number of nitrogens with one attached hydrogen (secondary N) is 2. The Labute approximate surface area is 150 Å². The van der Waals surface area contributed by atoms with Gasteiger partial charge in [0, 0.05) is 15.4 Å². The number of amides is 1. The summed E-state index contributed by atoms with van der Waals surface area (Å²) in [5.41, 5.74) is 2.86. The Balaban J connectivity index is 1.84. The summed E-state index contributed by atoms with van der Waals surface area (Å²) in [5.74, 6) is -0.200. The topological polar surface area (TPSA) is 96.5 Å². The number of anilines is 1. The predicted molar refractivity (Wildman–Crippen MR) is 97.0 cm³/mol. The number of hydrogen-bond acceptors (Lipinski definition) is 5. The fourth-order valence-corrected chi connectivity index (χ4v) is 2.78.